The van der Waals surface area contributed by atoms with Crippen molar-refractivity contribution in [2.75, 3.05) is 18.8 Å². The van der Waals surface area contributed by atoms with Crippen LogP contribution in [0.3, 0.4) is 0 Å². The van der Waals surface area contributed by atoms with E-state index in [0.717, 1.165) is 25.3 Å². The van der Waals surface area contributed by atoms with E-state index in [1.165, 1.54) is 12.8 Å². The average Bonchev–Trinajstić information content (AvgIpc) is 2.48. The van der Waals surface area contributed by atoms with E-state index in [4.69, 9.17) is 0 Å². The van der Waals surface area contributed by atoms with E-state index in [9.17, 15) is 4.79 Å². The van der Waals surface area contributed by atoms with Gasteiger partial charge in [-0.2, -0.15) is 12.6 Å². The van der Waals surface area contributed by atoms with Gasteiger partial charge >= 0.3 is 0 Å². The van der Waals surface area contributed by atoms with Crippen LogP contribution in [0.5, 0.6) is 0 Å². The molecule has 14 heavy (non-hydrogen) atoms. The Morgan fingerprint density at radius 1 is 1.57 bits per heavy atom. The molecular weight excluding hydrogens is 194 g/mol. The molecule has 0 bridgehead atoms. The summed E-state index contributed by atoms with van der Waals surface area (Å²) in [5.41, 5.74) is 0. The second-order valence-electron chi connectivity index (χ2n) is 3.81. The molecule has 1 aliphatic heterocycles. The summed E-state index contributed by atoms with van der Waals surface area (Å²) in [5.74, 6) is 1.66. The highest BCUT2D eigenvalue weighted by Crippen LogP contribution is 2.21. The van der Waals surface area contributed by atoms with E-state index in [1.54, 1.807) is 0 Å². The summed E-state index contributed by atoms with van der Waals surface area (Å²) >= 11 is 4.08. The summed E-state index contributed by atoms with van der Waals surface area (Å²) in [5, 5.41) is 0. The monoisotopic (exact) mass is 213 g/mol. The Morgan fingerprint density at radius 2 is 2.36 bits per heavy atom. The number of carbonyl (C=O) groups excluding carboxylic acids is 1. The average molecular weight is 213 g/mol. The standard InChI is InChI=1S/C11H19NOS/c1-2-5-10-8-11(13)12(9-10)6-3-4-7-14/h3-4,10,14H,2,5-9H2,1H3/b4-3+. The zero-order chi connectivity index (χ0) is 10.4. The van der Waals surface area contributed by atoms with Crippen molar-refractivity contribution in [3.63, 3.8) is 0 Å². The SMILES string of the molecule is CCCC1CC(=O)N(C/C=C/CS)C1. The molecule has 0 aromatic carbocycles. The Morgan fingerprint density at radius 3 is 3.00 bits per heavy atom. The van der Waals surface area contributed by atoms with Crippen LogP contribution in [0.2, 0.25) is 0 Å². The third kappa shape index (κ3) is 3.37. The van der Waals surface area contributed by atoms with Crippen molar-refractivity contribution in [1.82, 2.24) is 4.90 Å². The zero-order valence-electron chi connectivity index (χ0n) is 8.78. The van der Waals surface area contributed by atoms with Crippen molar-refractivity contribution in [2.24, 2.45) is 5.92 Å². The summed E-state index contributed by atoms with van der Waals surface area (Å²) in [6.45, 7) is 3.89. The first kappa shape index (κ1) is 11.6. The van der Waals surface area contributed by atoms with Gasteiger partial charge in [0.15, 0.2) is 0 Å². The molecule has 1 rings (SSSR count). The molecule has 1 fully saturated rings. The molecule has 1 atom stereocenters. The van der Waals surface area contributed by atoms with Gasteiger partial charge in [-0.1, -0.05) is 25.5 Å². The van der Waals surface area contributed by atoms with Gasteiger partial charge < -0.3 is 4.90 Å². The maximum atomic E-state index is 11.5. The molecule has 0 aromatic heterocycles. The quantitative estimate of drug-likeness (QED) is 0.548. The van der Waals surface area contributed by atoms with E-state index in [-0.39, 0.29) is 0 Å². The number of rotatable bonds is 5. The van der Waals surface area contributed by atoms with Crippen LogP contribution in [-0.4, -0.2) is 29.6 Å². The zero-order valence-corrected chi connectivity index (χ0v) is 9.67. The van der Waals surface area contributed by atoms with E-state index >= 15 is 0 Å². The number of hydrogen-bond donors (Lipinski definition) is 1. The molecule has 2 nitrogen and oxygen atoms in total. The summed E-state index contributed by atoms with van der Waals surface area (Å²) in [6, 6.07) is 0. The van der Waals surface area contributed by atoms with Gasteiger partial charge in [-0.15, -0.1) is 0 Å². The first-order valence-electron chi connectivity index (χ1n) is 5.31. The van der Waals surface area contributed by atoms with E-state index < -0.39 is 0 Å². The minimum atomic E-state index is 0.312. The van der Waals surface area contributed by atoms with Crippen LogP contribution in [0, 0.1) is 5.92 Å². The molecule has 0 radical (unpaired) electrons. The predicted molar refractivity (Wildman–Crippen MR) is 62.6 cm³/mol. The van der Waals surface area contributed by atoms with E-state index in [0.29, 0.717) is 11.8 Å². The lowest BCUT2D eigenvalue weighted by Crippen LogP contribution is -2.25. The van der Waals surface area contributed by atoms with Gasteiger partial charge in [0.2, 0.25) is 5.91 Å². The van der Waals surface area contributed by atoms with Gasteiger partial charge in [0, 0.05) is 25.3 Å². The van der Waals surface area contributed by atoms with Gasteiger partial charge in [0.05, 0.1) is 0 Å². The number of hydrogen-bond acceptors (Lipinski definition) is 2. The van der Waals surface area contributed by atoms with Crippen LogP contribution in [-0.2, 0) is 4.79 Å². The number of nitrogens with zero attached hydrogens (tertiary/aromatic N) is 1. The van der Waals surface area contributed by atoms with E-state index in [1.807, 2.05) is 17.1 Å². The summed E-state index contributed by atoms with van der Waals surface area (Å²) in [7, 11) is 0. The largest absolute Gasteiger partial charge is 0.339 e. The number of amides is 1. The first-order valence-corrected chi connectivity index (χ1v) is 5.94. The normalized spacial score (nSPS) is 22.6. The highest BCUT2D eigenvalue weighted by atomic mass is 32.1. The molecular formula is C11H19NOS. The molecule has 1 aliphatic rings. The second kappa shape index (κ2) is 6.12. The lowest BCUT2D eigenvalue weighted by molar-refractivity contribution is -0.127. The Hall–Kier alpha value is -0.440. The maximum Gasteiger partial charge on any atom is 0.223 e. The highest BCUT2D eigenvalue weighted by molar-refractivity contribution is 7.80. The van der Waals surface area contributed by atoms with Crippen molar-refractivity contribution in [3.05, 3.63) is 12.2 Å². The topological polar surface area (TPSA) is 20.3 Å². The van der Waals surface area contributed by atoms with Crippen LogP contribution in [0.15, 0.2) is 12.2 Å². The van der Waals surface area contributed by atoms with Gasteiger partial charge in [-0.3, -0.25) is 4.79 Å². The smallest absolute Gasteiger partial charge is 0.223 e. The molecule has 80 valence electrons. The molecule has 0 aliphatic carbocycles. The van der Waals surface area contributed by atoms with Gasteiger partial charge in [-0.25, -0.2) is 0 Å². The molecule has 0 saturated carbocycles. The summed E-state index contributed by atoms with van der Waals surface area (Å²) in [6.07, 6.45) is 7.13. The lowest BCUT2D eigenvalue weighted by Gasteiger charge is -2.13. The van der Waals surface area contributed by atoms with Crippen LogP contribution in [0.1, 0.15) is 26.2 Å². The Kier molecular flexibility index (Phi) is 5.09. The number of carbonyl (C=O) groups is 1. The molecule has 1 heterocycles. The fourth-order valence-electron chi connectivity index (χ4n) is 1.91. The number of likely N-dealkylation sites (tertiary alicyclic amines) is 1. The minimum absolute atomic E-state index is 0.312. The maximum absolute atomic E-state index is 11.5. The fourth-order valence-corrected chi connectivity index (χ4v) is 2.06. The van der Waals surface area contributed by atoms with Gasteiger partial charge in [0.1, 0.15) is 0 Å². The van der Waals surface area contributed by atoms with Crippen molar-refractivity contribution < 1.29 is 4.79 Å². The molecule has 0 aromatic rings. The highest BCUT2D eigenvalue weighted by Gasteiger charge is 2.27. The van der Waals surface area contributed by atoms with E-state index in [2.05, 4.69) is 19.6 Å². The van der Waals surface area contributed by atoms with Crippen LogP contribution in [0.4, 0.5) is 0 Å². The molecule has 3 heteroatoms. The van der Waals surface area contributed by atoms with Crippen LogP contribution >= 0.6 is 12.6 Å². The molecule has 0 N–H and O–H groups in total. The van der Waals surface area contributed by atoms with Crippen molar-refractivity contribution >= 4 is 18.5 Å². The summed E-state index contributed by atoms with van der Waals surface area (Å²) in [4.78, 5) is 13.5. The third-order valence-electron chi connectivity index (χ3n) is 2.59. The Labute approximate surface area is 91.8 Å². The molecule has 1 saturated heterocycles. The number of thiol groups is 1. The second-order valence-corrected chi connectivity index (χ2v) is 4.18. The van der Waals surface area contributed by atoms with Gasteiger partial charge in [0.25, 0.3) is 0 Å². The lowest BCUT2D eigenvalue weighted by atomic mass is 10.0. The van der Waals surface area contributed by atoms with Crippen molar-refractivity contribution in [3.8, 4) is 0 Å². The van der Waals surface area contributed by atoms with Crippen molar-refractivity contribution in [2.45, 2.75) is 26.2 Å². The van der Waals surface area contributed by atoms with Crippen molar-refractivity contribution in [1.29, 1.82) is 0 Å². The third-order valence-corrected chi connectivity index (χ3v) is 2.80. The predicted octanol–water partition coefficient (Wildman–Crippen LogP) is 2.12. The Bertz CT molecular complexity index is 215. The van der Waals surface area contributed by atoms with Gasteiger partial charge in [-0.05, 0) is 12.3 Å². The van der Waals surface area contributed by atoms with Crippen LogP contribution in [0.25, 0.3) is 0 Å². The molecule has 1 unspecified atom stereocenters. The minimum Gasteiger partial charge on any atom is -0.339 e. The molecule has 1 amide bonds. The van der Waals surface area contributed by atoms with Crippen LogP contribution < -0.4 is 0 Å². The molecule has 0 spiro atoms. The fraction of sp³-hybridized carbons (Fsp3) is 0.727. The first-order chi connectivity index (χ1) is 6.77. The Balaban J connectivity index is 2.33. The summed E-state index contributed by atoms with van der Waals surface area (Å²) < 4.78 is 0.